The molecule has 6 nitrogen and oxygen atoms in total. The molecule has 0 radical (unpaired) electrons. The minimum atomic E-state index is -0.888. The lowest BCUT2D eigenvalue weighted by atomic mass is 9.51. The van der Waals surface area contributed by atoms with E-state index in [2.05, 4.69) is 20.8 Å². The molecule has 0 aromatic rings. The van der Waals surface area contributed by atoms with Gasteiger partial charge in [-0.1, -0.05) is 40.5 Å². The van der Waals surface area contributed by atoms with Gasteiger partial charge in [0.15, 0.2) is 0 Å². The van der Waals surface area contributed by atoms with E-state index >= 15 is 0 Å². The average Bonchev–Trinajstić information content (AvgIpc) is 3.08. The zero-order valence-corrected chi connectivity index (χ0v) is 20.8. The summed E-state index contributed by atoms with van der Waals surface area (Å²) in [5, 5.41) is 18.6. The van der Waals surface area contributed by atoms with Gasteiger partial charge in [0, 0.05) is 31.1 Å². The van der Waals surface area contributed by atoms with E-state index in [1.54, 1.807) is 6.92 Å². The number of Topliss-reactive ketones (excluding diaryl/α,β-unsaturated/α-hetero) is 2. The number of fused-ring (bicyclic) bond motifs is 1. The molecule has 2 N–H and O–H groups in total. The van der Waals surface area contributed by atoms with Crippen molar-refractivity contribution in [1.29, 1.82) is 0 Å². The van der Waals surface area contributed by atoms with Gasteiger partial charge in [0.1, 0.15) is 11.6 Å². The van der Waals surface area contributed by atoms with Gasteiger partial charge in [-0.3, -0.25) is 19.2 Å². The fourth-order valence-corrected chi connectivity index (χ4v) is 7.79. The molecule has 186 valence electrons. The van der Waals surface area contributed by atoms with Crippen molar-refractivity contribution in [2.24, 2.45) is 46.3 Å². The van der Waals surface area contributed by atoms with E-state index in [1.807, 2.05) is 0 Å². The molecule has 0 heterocycles. The van der Waals surface area contributed by atoms with Crippen molar-refractivity contribution >= 4 is 23.5 Å². The zero-order valence-electron chi connectivity index (χ0n) is 20.8. The molecule has 0 unspecified atom stereocenters. The fraction of sp³-hybridized carbons (Fsp3) is 0.852. The van der Waals surface area contributed by atoms with E-state index in [-0.39, 0.29) is 47.7 Å². The molecule has 8 atom stereocenters. The molecular formula is C27H42O6. The van der Waals surface area contributed by atoms with Gasteiger partial charge in [-0.15, -0.1) is 0 Å². The summed E-state index contributed by atoms with van der Waals surface area (Å²) >= 11 is 0. The van der Waals surface area contributed by atoms with Crippen LogP contribution in [-0.4, -0.2) is 33.7 Å². The quantitative estimate of drug-likeness (QED) is 0.476. The van der Waals surface area contributed by atoms with Crippen LogP contribution in [-0.2, 0) is 19.2 Å². The Hall–Kier alpha value is -1.72. The Bertz CT molecular complexity index is 787. The molecule has 33 heavy (non-hydrogen) atoms. The maximum absolute atomic E-state index is 13.9. The Morgan fingerprint density at radius 1 is 0.970 bits per heavy atom. The lowest BCUT2D eigenvalue weighted by Gasteiger charge is -2.52. The summed E-state index contributed by atoms with van der Waals surface area (Å²) in [4.78, 5) is 48.6. The highest BCUT2D eigenvalue weighted by atomic mass is 16.4. The molecule has 3 aliphatic rings. The van der Waals surface area contributed by atoms with Gasteiger partial charge in [-0.2, -0.15) is 0 Å². The van der Waals surface area contributed by atoms with Crippen LogP contribution in [0.15, 0.2) is 0 Å². The van der Waals surface area contributed by atoms with E-state index in [9.17, 15) is 24.3 Å². The van der Waals surface area contributed by atoms with Gasteiger partial charge in [0.25, 0.3) is 0 Å². The summed E-state index contributed by atoms with van der Waals surface area (Å²) in [5.41, 5.74) is -0.448. The number of carboxylic acid groups (broad SMARTS) is 2. The smallest absolute Gasteiger partial charge is 0.306 e. The number of hydrogen-bond acceptors (Lipinski definition) is 4. The monoisotopic (exact) mass is 462 g/mol. The predicted octanol–water partition coefficient (Wildman–Crippen LogP) is 5.38. The van der Waals surface area contributed by atoms with Crippen LogP contribution in [0.5, 0.6) is 0 Å². The van der Waals surface area contributed by atoms with E-state index in [0.717, 1.165) is 38.5 Å². The SMILES string of the molecule is C[C@H](CCC[C@H](C)C(=O)O)[C@H]1CC[C@H]2C(=O)[C@@H]([C@@]3(C)CCC(=O)C[C@@H]3CC(=O)O)CC[C@]12C. The summed E-state index contributed by atoms with van der Waals surface area (Å²) in [7, 11) is 0. The number of aliphatic carboxylic acids is 2. The van der Waals surface area contributed by atoms with Gasteiger partial charge >= 0.3 is 11.9 Å². The van der Waals surface area contributed by atoms with Crippen molar-refractivity contribution in [1.82, 2.24) is 0 Å². The third-order valence-corrected chi connectivity index (χ3v) is 10.0. The first-order valence-corrected chi connectivity index (χ1v) is 12.9. The number of ketones is 2. The van der Waals surface area contributed by atoms with Crippen molar-refractivity contribution < 1.29 is 29.4 Å². The van der Waals surface area contributed by atoms with Crippen LogP contribution in [0, 0.1) is 46.3 Å². The van der Waals surface area contributed by atoms with E-state index < -0.39 is 17.4 Å². The van der Waals surface area contributed by atoms with Crippen LogP contribution >= 0.6 is 0 Å². The van der Waals surface area contributed by atoms with Crippen LogP contribution in [0.4, 0.5) is 0 Å². The third-order valence-electron chi connectivity index (χ3n) is 10.0. The third kappa shape index (κ3) is 5.05. The van der Waals surface area contributed by atoms with E-state index in [0.29, 0.717) is 36.9 Å². The first kappa shape index (κ1) is 25.9. The minimum absolute atomic E-state index is 0.0153. The summed E-state index contributed by atoms with van der Waals surface area (Å²) in [5.74, 6) is -0.996. The van der Waals surface area contributed by atoms with Gasteiger partial charge < -0.3 is 10.2 Å². The molecule has 0 spiro atoms. The number of hydrogen-bond donors (Lipinski definition) is 2. The van der Waals surface area contributed by atoms with Gasteiger partial charge in [0.2, 0.25) is 0 Å². The van der Waals surface area contributed by atoms with Crippen molar-refractivity contribution in [3.05, 3.63) is 0 Å². The van der Waals surface area contributed by atoms with Crippen molar-refractivity contribution in [3.8, 4) is 0 Å². The number of carbonyl (C=O) groups excluding carboxylic acids is 2. The highest BCUT2D eigenvalue weighted by Gasteiger charge is 2.59. The molecule has 3 saturated carbocycles. The molecule has 0 aliphatic heterocycles. The standard InChI is InChI=1S/C27H42O6/c1-16(6-5-7-17(2)25(32)33)20-8-9-21-24(31)22(11-13-27(20,21)4)26(3)12-10-19(28)14-18(26)15-23(29)30/h16-18,20-22H,5-15H2,1-4H3,(H,29,30)(H,32,33)/t16-,17+,18-,20-,21+,22+,26+,27-/m1/s1. The topological polar surface area (TPSA) is 109 Å². The average molecular weight is 463 g/mol. The molecular weight excluding hydrogens is 420 g/mol. The fourth-order valence-electron chi connectivity index (χ4n) is 7.79. The van der Waals surface area contributed by atoms with Gasteiger partial charge in [0.05, 0.1) is 5.92 Å². The second kappa shape index (κ2) is 9.87. The summed E-state index contributed by atoms with van der Waals surface area (Å²) in [6.45, 7) is 8.37. The lowest BCUT2D eigenvalue weighted by Crippen LogP contribution is -2.51. The Labute approximate surface area is 197 Å². The van der Waals surface area contributed by atoms with Crippen LogP contribution in [0.2, 0.25) is 0 Å². The zero-order chi connectivity index (χ0) is 24.6. The normalized spacial score (nSPS) is 38.5. The maximum atomic E-state index is 13.9. The largest absolute Gasteiger partial charge is 0.481 e. The number of carbonyl (C=O) groups is 4. The van der Waals surface area contributed by atoms with Crippen molar-refractivity contribution in [3.63, 3.8) is 0 Å². The van der Waals surface area contributed by atoms with E-state index in [1.165, 1.54) is 0 Å². The molecule has 0 saturated heterocycles. The summed E-state index contributed by atoms with van der Waals surface area (Å²) in [6, 6.07) is 0. The molecule has 0 aromatic heterocycles. The first-order chi connectivity index (χ1) is 15.4. The van der Waals surface area contributed by atoms with Gasteiger partial charge in [-0.25, -0.2) is 0 Å². The molecule has 0 amide bonds. The molecule has 0 aromatic carbocycles. The Kier molecular flexibility index (Phi) is 7.75. The number of rotatable bonds is 9. The molecule has 6 heteroatoms. The first-order valence-electron chi connectivity index (χ1n) is 12.9. The highest BCUT2D eigenvalue weighted by Crippen LogP contribution is 2.62. The van der Waals surface area contributed by atoms with Crippen molar-refractivity contribution in [2.45, 2.75) is 98.3 Å². The lowest BCUT2D eigenvalue weighted by molar-refractivity contribution is -0.152. The Morgan fingerprint density at radius 2 is 1.64 bits per heavy atom. The van der Waals surface area contributed by atoms with Crippen LogP contribution < -0.4 is 0 Å². The van der Waals surface area contributed by atoms with Crippen LogP contribution in [0.3, 0.4) is 0 Å². The molecule has 0 bridgehead atoms. The summed E-state index contributed by atoms with van der Waals surface area (Å²) < 4.78 is 0. The minimum Gasteiger partial charge on any atom is -0.481 e. The molecule has 3 rings (SSSR count). The second-order valence-electron chi connectivity index (χ2n) is 11.9. The Balaban J connectivity index is 1.70. The molecule has 3 fully saturated rings. The summed E-state index contributed by atoms with van der Waals surface area (Å²) in [6.07, 6.45) is 7.56. The predicted molar refractivity (Wildman–Crippen MR) is 125 cm³/mol. The van der Waals surface area contributed by atoms with Crippen molar-refractivity contribution in [2.75, 3.05) is 0 Å². The Morgan fingerprint density at radius 3 is 2.27 bits per heavy atom. The van der Waals surface area contributed by atoms with E-state index in [4.69, 9.17) is 5.11 Å². The van der Waals surface area contributed by atoms with Gasteiger partial charge in [-0.05, 0) is 67.1 Å². The number of carboxylic acids is 2. The highest BCUT2D eigenvalue weighted by molar-refractivity contribution is 5.87. The van der Waals surface area contributed by atoms with Crippen LogP contribution in [0.1, 0.15) is 98.3 Å². The van der Waals surface area contributed by atoms with Crippen LogP contribution in [0.25, 0.3) is 0 Å². The second-order valence-corrected chi connectivity index (χ2v) is 11.9. The molecule has 3 aliphatic carbocycles. The maximum Gasteiger partial charge on any atom is 0.306 e.